The van der Waals surface area contributed by atoms with E-state index < -0.39 is 0 Å². The molecule has 8 nitrogen and oxygen atoms in total. The third-order valence-corrected chi connectivity index (χ3v) is 7.79. The fraction of sp³-hybridized carbons (Fsp3) is 0.222. The van der Waals surface area contributed by atoms with Gasteiger partial charge in [-0.2, -0.15) is 10.5 Å². The number of ether oxygens (including phenoxy) is 2. The second kappa shape index (κ2) is 12.7. The molecule has 0 heterocycles. The van der Waals surface area contributed by atoms with Gasteiger partial charge >= 0.3 is 0 Å². The highest BCUT2D eigenvalue weighted by molar-refractivity contribution is 5.95. The maximum absolute atomic E-state index is 12.6. The zero-order valence-electron chi connectivity index (χ0n) is 24.4. The van der Waals surface area contributed by atoms with Crippen LogP contribution in [0.2, 0.25) is 0 Å². The average Bonchev–Trinajstić information content (AvgIpc) is 2.99. The van der Waals surface area contributed by atoms with Crippen molar-refractivity contribution in [3.63, 3.8) is 0 Å². The van der Waals surface area contributed by atoms with Gasteiger partial charge in [-0.25, -0.2) is 0 Å². The van der Waals surface area contributed by atoms with Crippen LogP contribution in [-0.2, 0) is 25.7 Å². The van der Waals surface area contributed by atoms with Crippen molar-refractivity contribution in [1.82, 2.24) is 0 Å². The minimum Gasteiger partial charge on any atom is -0.507 e. The van der Waals surface area contributed by atoms with E-state index in [0.717, 1.165) is 0 Å². The SMILES string of the molecule is CC(=O)c1cc2c(O)c(c1)Cc1cccc(c1OCC#N)Cc1cc(C(C)=O)cc(c1O)Cc1cccc(c1OCC#N)C2. The summed E-state index contributed by atoms with van der Waals surface area (Å²) in [5.41, 5.74) is 5.55. The Bertz CT molecular complexity index is 1650. The molecule has 0 saturated carbocycles. The summed E-state index contributed by atoms with van der Waals surface area (Å²) >= 11 is 0. The fourth-order valence-corrected chi connectivity index (χ4v) is 5.70. The number of hydrogen-bond donors (Lipinski definition) is 2. The Balaban J connectivity index is 1.81. The number of carbonyl (C=O) groups is 2. The highest BCUT2D eigenvalue weighted by Crippen LogP contribution is 2.39. The van der Waals surface area contributed by atoms with E-state index in [1.807, 2.05) is 48.5 Å². The van der Waals surface area contributed by atoms with Crippen LogP contribution < -0.4 is 9.47 Å². The van der Waals surface area contributed by atoms with Gasteiger partial charge < -0.3 is 19.7 Å². The highest BCUT2D eigenvalue weighted by atomic mass is 16.5. The lowest BCUT2D eigenvalue weighted by Gasteiger charge is -2.20. The number of phenols is 2. The van der Waals surface area contributed by atoms with E-state index in [-0.39, 0.29) is 62.0 Å². The normalized spacial score (nSPS) is 12.0. The first-order valence-corrected chi connectivity index (χ1v) is 14.1. The molecule has 4 aromatic rings. The minimum atomic E-state index is -0.223. The maximum atomic E-state index is 12.6. The van der Waals surface area contributed by atoms with E-state index in [9.17, 15) is 30.3 Å². The van der Waals surface area contributed by atoms with Crippen LogP contribution in [0.4, 0.5) is 0 Å². The van der Waals surface area contributed by atoms with Crippen LogP contribution in [0.15, 0.2) is 60.7 Å². The molecule has 5 rings (SSSR count). The van der Waals surface area contributed by atoms with Crippen molar-refractivity contribution >= 4 is 11.6 Å². The number of Topliss-reactive ketones (excluding diaryl/α,β-unsaturated/α-hetero) is 2. The molecule has 0 atom stereocenters. The molecule has 44 heavy (non-hydrogen) atoms. The topological polar surface area (TPSA) is 141 Å². The van der Waals surface area contributed by atoms with Crippen LogP contribution in [0.3, 0.4) is 0 Å². The number of fused-ring (bicyclic) bond motifs is 8. The van der Waals surface area contributed by atoms with Crippen molar-refractivity contribution in [3.8, 4) is 35.1 Å². The van der Waals surface area contributed by atoms with Crippen LogP contribution in [0.25, 0.3) is 0 Å². The number of nitrogens with zero attached hydrogens (tertiary/aromatic N) is 2. The average molecular weight is 587 g/mol. The molecule has 2 N–H and O–H groups in total. The Labute approximate surface area is 255 Å². The summed E-state index contributed by atoms with van der Waals surface area (Å²) < 4.78 is 11.9. The molecule has 8 heteroatoms. The van der Waals surface area contributed by atoms with E-state index in [2.05, 4.69) is 0 Å². The van der Waals surface area contributed by atoms with Crippen molar-refractivity contribution in [2.75, 3.05) is 13.2 Å². The smallest absolute Gasteiger partial charge is 0.174 e. The molecular weight excluding hydrogens is 556 g/mol. The molecule has 1 aliphatic carbocycles. The third-order valence-electron chi connectivity index (χ3n) is 7.79. The number of benzene rings is 4. The van der Waals surface area contributed by atoms with Crippen LogP contribution in [0.1, 0.15) is 79.1 Å². The van der Waals surface area contributed by atoms with Gasteiger partial charge in [-0.1, -0.05) is 36.4 Å². The lowest BCUT2D eigenvalue weighted by Crippen LogP contribution is -2.08. The summed E-state index contributed by atoms with van der Waals surface area (Å²) in [6.07, 6.45) is 0.766. The second-order valence-electron chi connectivity index (χ2n) is 10.8. The molecule has 0 spiro atoms. The number of carbonyl (C=O) groups excluding carboxylic acids is 2. The van der Waals surface area contributed by atoms with Gasteiger partial charge in [0, 0.05) is 36.8 Å². The van der Waals surface area contributed by atoms with Gasteiger partial charge in [-0.3, -0.25) is 9.59 Å². The zero-order chi connectivity index (χ0) is 31.4. The van der Waals surface area contributed by atoms with Gasteiger partial charge in [0.2, 0.25) is 0 Å². The van der Waals surface area contributed by atoms with Gasteiger partial charge in [-0.15, -0.1) is 0 Å². The van der Waals surface area contributed by atoms with Crippen LogP contribution in [-0.4, -0.2) is 35.0 Å². The number of aromatic hydroxyl groups is 2. The van der Waals surface area contributed by atoms with Crippen LogP contribution in [0, 0.1) is 22.7 Å². The maximum Gasteiger partial charge on any atom is 0.174 e. The van der Waals surface area contributed by atoms with Gasteiger partial charge in [0.25, 0.3) is 0 Å². The quantitative estimate of drug-likeness (QED) is 0.231. The predicted octanol–water partition coefficient (Wildman–Crippen LogP) is 5.98. The first kappa shape index (κ1) is 29.9. The zero-order valence-corrected chi connectivity index (χ0v) is 24.4. The lowest BCUT2D eigenvalue weighted by atomic mass is 9.89. The van der Waals surface area contributed by atoms with E-state index in [1.54, 1.807) is 24.3 Å². The number of phenolic OH excluding ortho intramolecular Hbond substituents is 2. The standard InChI is InChI=1S/C36H30N2O6/c1-21(39)27-17-29-13-23-5-3-7-25(35(23)43-11-9-37)15-31-19-28(22(2)40)20-32(34(31)42)16-26-8-4-6-24(36(26)44-12-10-38)14-30(18-27)33(29)41/h3-8,17-20,41-42H,11-16H2,1-2H3. The van der Waals surface area contributed by atoms with Crippen molar-refractivity contribution in [2.45, 2.75) is 39.5 Å². The summed E-state index contributed by atoms with van der Waals surface area (Å²) in [6, 6.07) is 21.6. The predicted molar refractivity (Wildman–Crippen MR) is 163 cm³/mol. The van der Waals surface area contributed by atoms with Crippen molar-refractivity contribution in [1.29, 1.82) is 10.5 Å². The van der Waals surface area contributed by atoms with Gasteiger partial charge in [0.15, 0.2) is 24.8 Å². The van der Waals surface area contributed by atoms with Gasteiger partial charge in [0.05, 0.1) is 0 Å². The molecule has 0 aliphatic heterocycles. The largest absolute Gasteiger partial charge is 0.507 e. The number of para-hydroxylation sites is 2. The molecule has 4 aromatic carbocycles. The van der Waals surface area contributed by atoms with E-state index in [4.69, 9.17) is 9.47 Å². The molecule has 0 saturated heterocycles. The molecule has 8 bridgehead atoms. The van der Waals surface area contributed by atoms with Gasteiger partial charge in [0.1, 0.15) is 35.1 Å². The van der Waals surface area contributed by atoms with E-state index in [0.29, 0.717) is 67.1 Å². The summed E-state index contributed by atoms with van der Waals surface area (Å²) in [5.74, 6) is 0.570. The third kappa shape index (κ3) is 6.11. The Morgan fingerprint density at radius 1 is 0.614 bits per heavy atom. The van der Waals surface area contributed by atoms with Crippen molar-refractivity contribution in [2.24, 2.45) is 0 Å². The minimum absolute atomic E-state index is 0.0179. The van der Waals surface area contributed by atoms with Gasteiger partial charge in [-0.05, 0) is 82.6 Å². The lowest BCUT2D eigenvalue weighted by molar-refractivity contribution is 0.100. The number of rotatable bonds is 6. The number of hydrogen-bond acceptors (Lipinski definition) is 8. The van der Waals surface area contributed by atoms with Crippen LogP contribution >= 0.6 is 0 Å². The van der Waals surface area contributed by atoms with Crippen molar-refractivity contribution < 1.29 is 29.3 Å². The Morgan fingerprint density at radius 3 is 1.16 bits per heavy atom. The van der Waals surface area contributed by atoms with Crippen molar-refractivity contribution in [3.05, 3.63) is 116 Å². The molecule has 0 radical (unpaired) electrons. The molecule has 0 unspecified atom stereocenters. The Kier molecular flexibility index (Phi) is 8.64. The molecule has 220 valence electrons. The number of nitriles is 2. The summed E-state index contributed by atoms with van der Waals surface area (Å²) in [4.78, 5) is 25.2. The molecule has 1 aliphatic rings. The first-order valence-electron chi connectivity index (χ1n) is 14.1. The van der Waals surface area contributed by atoms with E-state index in [1.165, 1.54) is 13.8 Å². The van der Waals surface area contributed by atoms with E-state index >= 15 is 0 Å². The summed E-state index contributed by atoms with van der Waals surface area (Å²) in [6.45, 7) is 2.48. The fourth-order valence-electron chi connectivity index (χ4n) is 5.70. The molecule has 0 fully saturated rings. The number of ketones is 2. The molecule has 0 aromatic heterocycles. The Morgan fingerprint density at radius 2 is 0.909 bits per heavy atom. The first-order chi connectivity index (χ1) is 21.2. The highest BCUT2D eigenvalue weighted by Gasteiger charge is 2.22. The molecular formula is C36H30N2O6. The second-order valence-corrected chi connectivity index (χ2v) is 10.8. The Hall–Kier alpha value is -5.60. The summed E-state index contributed by atoms with van der Waals surface area (Å²) in [5, 5.41) is 41.7. The van der Waals surface area contributed by atoms with Crippen LogP contribution in [0.5, 0.6) is 23.0 Å². The summed E-state index contributed by atoms with van der Waals surface area (Å²) in [7, 11) is 0. The molecule has 0 amide bonds. The monoisotopic (exact) mass is 586 g/mol.